The van der Waals surface area contributed by atoms with E-state index in [9.17, 15) is 0 Å². The lowest BCUT2D eigenvalue weighted by molar-refractivity contribution is 0.863. The molecule has 120 valence electrons. The largest absolute Gasteiger partial charge is 0.0838 e. The molecule has 2 rings (SSSR count). The molecular formula is C24H24. The molecule has 2 radical (unpaired) electrons. The summed E-state index contributed by atoms with van der Waals surface area (Å²) in [5, 5.41) is 0. The van der Waals surface area contributed by atoms with Gasteiger partial charge < -0.3 is 0 Å². The molecule has 1 atom stereocenters. The first kappa shape index (κ1) is 17.7. The van der Waals surface area contributed by atoms with Crippen LogP contribution in [0.3, 0.4) is 0 Å². The SMILES string of the molecule is [CH]=CC=CC(CC=CC([CH]c1ccccc1)=CC)c1ccccc1. The van der Waals surface area contributed by atoms with Crippen molar-refractivity contribution in [2.24, 2.45) is 0 Å². The van der Waals surface area contributed by atoms with Gasteiger partial charge in [-0.3, -0.25) is 0 Å². The molecule has 24 heavy (non-hydrogen) atoms. The molecule has 0 aliphatic heterocycles. The Bertz CT molecular complexity index is 687. The third-order valence-electron chi connectivity index (χ3n) is 3.85. The molecule has 1 unspecified atom stereocenters. The molecule has 0 heterocycles. The summed E-state index contributed by atoms with van der Waals surface area (Å²) in [7, 11) is 0. The van der Waals surface area contributed by atoms with Gasteiger partial charge in [0.2, 0.25) is 0 Å². The molecule has 0 aromatic heterocycles. The Morgan fingerprint density at radius 2 is 1.67 bits per heavy atom. The molecular weight excluding hydrogens is 288 g/mol. The summed E-state index contributed by atoms with van der Waals surface area (Å²) in [4.78, 5) is 0. The molecule has 0 aliphatic carbocycles. The summed E-state index contributed by atoms with van der Waals surface area (Å²) in [6.45, 7) is 7.56. The zero-order valence-corrected chi connectivity index (χ0v) is 14.2. The van der Waals surface area contributed by atoms with Crippen LogP contribution < -0.4 is 0 Å². The fraction of sp³-hybridized carbons (Fsp3) is 0.125. The number of allylic oxidation sites excluding steroid dienone is 7. The van der Waals surface area contributed by atoms with Crippen LogP contribution in [0.1, 0.15) is 30.4 Å². The van der Waals surface area contributed by atoms with E-state index in [4.69, 9.17) is 6.58 Å². The van der Waals surface area contributed by atoms with E-state index in [1.807, 2.05) is 18.2 Å². The van der Waals surface area contributed by atoms with Crippen LogP contribution >= 0.6 is 0 Å². The van der Waals surface area contributed by atoms with E-state index in [2.05, 4.69) is 86.2 Å². The second-order valence-corrected chi connectivity index (χ2v) is 5.58. The minimum atomic E-state index is 0.331. The molecule has 0 saturated heterocycles. The molecule has 0 aliphatic rings. The molecule has 0 amide bonds. The van der Waals surface area contributed by atoms with Crippen LogP contribution in [-0.2, 0) is 0 Å². The van der Waals surface area contributed by atoms with Gasteiger partial charge in [-0.15, -0.1) is 0 Å². The summed E-state index contributed by atoms with van der Waals surface area (Å²) >= 11 is 0. The van der Waals surface area contributed by atoms with Crippen LogP contribution in [0.15, 0.2) is 103 Å². The second kappa shape index (κ2) is 10.2. The molecule has 0 bridgehead atoms. The Labute approximate surface area is 146 Å². The van der Waals surface area contributed by atoms with Crippen molar-refractivity contribution in [3.63, 3.8) is 0 Å². The van der Waals surface area contributed by atoms with Gasteiger partial charge in [-0.05, 0) is 30.0 Å². The number of rotatable bonds is 8. The van der Waals surface area contributed by atoms with E-state index in [-0.39, 0.29) is 0 Å². The summed E-state index contributed by atoms with van der Waals surface area (Å²) in [5.74, 6) is 0.331. The van der Waals surface area contributed by atoms with Crippen LogP contribution in [-0.4, -0.2) is 0 Å². The smallest absolute Gasteiger partial charge is 0.0195 e. The van der Waals surface area contributed by atoms with Gasteiger partial charge in [0.05, 0.1) is 0 Å². The quantitative estimate of drug-likeness (QED) is 0.491. The Morgan fingerprint density at radius 3 is 2.29 bits per heavy atom. The predicted molar refractivity (Wildman–Crippen MR) is 105 cm³/mol. The van der Waals surface area contributed by atoms with E-state index < -0.39 is 0 Å². The highest BCUT2D eigenvalue weighted by Gasteiger charge is 2.05. The molecule has 0 saturated carbocycles. The van der Waals surface area contributed by atoms with Crippen molar-refractivity contribution in [3.8, 4) is 0 Å². The third-order valence-corrected chi connectivity index (χ3v) is 3.85. The first-order valence-electron chi connectivity index (χ1n) is 8.33. The van der Waals surface area contributed by atoms with Gasteiger partial charge in [0.1, 0.15) is 0 Å². The zero-order valence-electron chi connectivity index (χ0n) is 14.2. The van der Waals surface area contributed by atoms with Gasteiger partial charge in [-0.25, -0.2) is 0 Å². The molecule has 2 aromatic carbocycles. The van der Waals surface area contributed by atoms with Gasteiger partial charge in [0.25, 0.3) is 0 Å². The normalized spacial score (nSPS) is 13.5. The average Bonchev–Trinajstić information content (AvgIpc) is 2.65. The Morgan fingerprint density at radius 1 is 1.00 bits per heavy atom. The topological polar surface area (TPSA) is 0 Å². The minimum absolute atomic E-state index is 0.331. The third kappa shape index (κ3) is 5.89. The summed E-state index contributed by atoms with van der Waals surface area (Å²) in [5.41, 5.74) is 3.73. The minimum Gasteiger partial charge on any atom is -0.0838 e. The highest BCUT2D eigenvalue weighted by atomic mass is 14.1. The summed E-state index contributed by atoms with van der Waals surface area (Å²) < 4.78 is 0. The van der Waals surface area contributed by atoms with Crippen LogP contribution in [0.4, 0.5) is 0 Å². The zero-order chi connectivity index (χ0) is 17.0. The molecule has 0 N–H and O–H groups in total. The molecule has 0 fully saturated rings. The fourth-order valence-electron chi connectivity index (χ4n) is 2.54. The van der Waals surface area contributed by atoms with Crippen molar-refractivity contribution in [1.29, 1.82) is 0 Å². The van der Waals surface area contributed by atoms with E-state index in [0.717, 1.165) is 6.42 Å². The Hall–Kier alpha value is -2.60. The lowest BCUT2D eigenvalue weighted by Gasteiger charge is -2.11. The molecule has 0 spiro atoms. The van der Waals surface area contributed by atoms with Crippen molar-refractivity contribution in [1.82, 2.24) is 0 Å². The van der Waals surface area contributed by atoms with Crippen molar-refractivity contribution in [3.05, 3.63) is 127 Å². The number of benzene rings is 2. The number of hydrogen-bond acceptors (Lipinski definition) is 0. The van der Waals surface area contributed by atoms with Crippen molar-refractivity contribution in [2.45, 2.75) is 19.3 Å². The second-order valence-electron chi connectivity index (χ2n) is 5.58. The molecule has 2 aromatic rings. The first-order valence-corrected chi connectivity index (χ1v) is 8.33. The van der Waals surface area contributed by atoms with Gasteiger partial charge >= 0.3 is 0 Å². The van der Waals surface area contributed by atoms with Crippen LogP contribution in [0.2, 0.25) is 0 Å². The highest BCUT2D eigenvalue weighted by Crippen LogP contribution is 2.22. The molecule has 0 heteroatoms. The fourth-order valence-corrected chi connectivity index (χ4v) is 2.54. The first-order chi connectivity index (χ1) is 11.8. The maximum Gasteiger partial charge on any atom is 0.0195 e. The number of hydrogen-bond donors (Lipinski definition) is 0. The molecule has 0 nitrogen and oxygen atoms in total. The lowest BCUT2D eigenvalue weighted by Crippen LogP contribution is -1.93. The van der Waals surface area contributed by atoms with Crippen LogP contribution in [0, 0.1) is 13.0 Å². The highest BCUT2D eigenvalue weighted by molar-refractivity contribution is 5.39. The summed E-state index contributed by atoms with van der Waals surface area (Å²) in [6, 6.07) is 20.9. The maximum absolute atomic E-state index is 5.50. The summed E-state index contributed by atoms with van der Waals surface area (Å²) in [6.07, 6.45) is 15.3. The van der Waals surface area contributed by atoms with E-state index in [1.165, 1.54) is 16.7 Å². The average molecular weight is 312 g/mol. The van der Waals surface area contributed by atoms with E-state index in [1.54, 1.807) is 6.08 Å². The van der Waals surface area contributed by atoms with Gasteiger partial charge in [0, 0.05) is 12.3 Å². The Balaban J connectivity index is 2.03. The van der Waals surface area contributed by atoms with E-state index >= 15 is 0 Å². The predicted octanol–water partition coefficient (Wildman–Crippen LogP) is 6.46. The Kier molecular flexibility index (Phi) is 7.56. The standard InChI is InChI=1S/C24H24/c1-3-5-16-23(24-17-10-7-11-18-24)19-12-15-21(4-2)20-22-13-8-6-9-14-22/h1,3-18,20,23H,19H2,2H3. The van der Waals surface area contributed by atoms with Gasteiger partial charge in [0.15, 0.2) is 0 Å². The van der Waals surface area contributed by atoms with Crippen molar-refractivity contribution >= 4 is 0 Å². The maximum atomic E-state index is 5.50. The van der Waals surface area contributed by atoms with Crippen molar-refractivity contribution < 1.29 is 0 Å². The van der Waals surface area contributed by atoms with Gasteiger partial charge in [-0.2, -0.15) is 0 Å². The van der Waals surface area contributed by atoms with Crippen LogP contribution in [0.5, 0.6) is 0 Å². The van der Waals surface area contributed by atoms with Gasteiger partial charge in [-0.1, -0.05) is 104 Å². The van der Waals surface area contributed by atoms with Crippen molar-refractivity contribution in [2.75, 3.05) is 0 Å². The monoisotopic (exact) mass is 312 g/mol. The lowest BCUT2D eigenvalue weighted by atomic mass is 9.94. The van der Waals surface area contributed by atoms with Crippen LogP contribution in [0.25, 0.3) is 0 Å². The van der Waals surface area contributed by atoms with E-state index in [0.29, 0.717) is 5.92 Å².